The van der Waals surface area contributed by atoms with Gasteiger partial charge in [0, 0.05) is 30.9 Å². The molecule has 1 amide bonds. The van der Waals surface area contributed by atoms with Gasteiger partial charge in [0.1, 0.15) is 0 Å². The van der Waals surface area contributed by atoms with Gasteiger partial charge in [0.2, 0.25) is 15.9 Å². The van der Waals surface area contributed by atoms with Gasteiger partial charge in [-0.05, 0) is 37.7 Å². The van der Waals surface area contributed by atoms with Crippen LogP contribution < -0.4 is 10.0 Å². The Labute approximate surface area is 141 Å². The highest BCUT2D eigenvalue weighted by Gasteiger charge is 2.09. The largest absolute Gasteiger partial charge is 0.348 e. The van der Waals surface area contributed by atoms with E-state index in [-0.39, 0.29) is 10.8 Å². The minimum absolute atomic E-state index is 0.180. The third kappa shape index (κ3) is 4.77. The molecule has 1 aromatic carbocycles. The van der Waals surface area contributed by atoms with Crippen LogP contribution in [0.5, 0.6) is 0 Å². The van der Waals surface area contributed by atoms with E-state index in [4.69, 9.17) is 0 Å². The van der Waals surface area contributed by atoms with E-state index in [2.05, 4.69) is 15.1 Å². The first-order chi connectivity index (χ1) is 11.4. The van der Waals surface area contributed by atoms with Crippen molar-refractivity contribution < 1.29 is 13.2 Å². The van der Waals surface area contributed by atoms with Crippen LogP contribution in [0.2, 0.25) is 0 Å². The van der Waals surface area contributed by atoms with Crippen molar-refractivity contribution in [2.75, 3.05) is 7.05 Å². The molecule has 2 rings (SSSR count). The monoisotopic (exact) mass is 348 g/mol. The zero-order chi connectivity index (χ0) is 17.6. The van der Waals surface area contributed by atoms with Gasteiger partial charge in [0.25, 0.3) is 0 Å². The Morgan fingerprint density at radius 3 is 2.58 bits per heavy atom. The maximum Gasteiger partial charge on any atom is 0.244 e. The fourth-order valence-corrected chi connectivity index (χ4v) is 2.70. The molecule has 0 saturated heterocycles. The van der Waals surface area contributed by atoms with Gasteiger partial charge in [-0.15, -0.1) is 0 Å². The number of aromatic nitrogens is 2. The summed E-state index contributed by atoms with van der Waals surface area (Å²) < 4.78 is 27.3. The summed E-state index contributed by atoms with van der Waals surface area (Å²) in [6.07, 6.45) is 6.63. The zero-order valence-electron chi connectivity index (χ0n) is 13.6. The highest BCUT2D eigenvalue weighted by Crippen LogP contribution is 2.11. The number of sulfonamides is 1. The molecule has 0 saturated carbocycles. The quantitative estimate of drug-likeness (QED) is 0.734. The molecule has 0 aliphatic heterocycles. The van der Waals surface area contributed by atoms with Crippen LogP contribution in [-0.4, -0.2) is 31.2 Å². The molecule has 7 nitrogen and oxygen atoms in total. The molecule has 1 heterocycles. The molecule has 24 heavy (non-hydrogen) atoms. The smallest absolute Gasteiger partial charge is 0.244 e. The summed E-state index contributed by atoms with van der Waals surface area (Å²) in [4.78, 5) is 12.0. The van der Waals surface area contributed by atoms with Crippen LogP contribution in [0, 0.1) is 0 Å². The van der Waals surface area contributed by atoms with Crippen molar-refractivity contribution in [3.63, 3.8) is 0 Å². The number of nitrogens with one attached hydrogen (secondary N) is 2. The van der Waals surface area contributed by atoms with Crippen LogP contribution in [0.15, 0.2) is 47.6 Å². The second-order valence-electron chi connectivity index (χ2n) is 5.03. The van der Waals surface area contributed by atoms with Crippen molar-refractivity contribution in [3.8, 4) is 0 Å². The topological polar surface area (TPSA) is 93.1 Å². The zero-order valence-corrected chi connectivity index (χ0v) is 14.4. The number of amides is 1. The average Bonchev–Trinajstić information content (AvgIpc) is 3.06. The molecular weight excluding hydrogens is 328 g/mol. The van der Waals surface area contributed by atoms with Crippen LogP contribution >= 0.6 is 0 Å². The molecule has 0 unspecified atom stereocenters. The molecule has 0 bridgehead atoms. The summed E-state index contributed by atoms with van der Waals surface area (Å²) in [6, 6.07) is 6.25. The van der Waals surface area contributed by atoms with Gasteiger partial charge in [-0.25, -0.2) is 13.1 Å². The normalized spacial score (nSPS) is 11.8. The van der Waals surface area contributed by atoms with Gasteiger partial charge in [0.05, 0.1) is 11.1 Å². The third-order valence-corrected chi connectivity index (χ3v) is 4.79. The number of benzene rings is 1. The Morgan fingerprint density at radius 2 is 2.00 bits per heavy atom. The summed E-state index contributed by atoms with van der Waals surface area (Å²) in [6.45, 7) is 3.18. The van der Waals surface area contributed by atoms with Gasteiger partial charge in [-0.1, -0.05) is 12.1 Å². The maximum atomic E-state index is 11.8. The summed E-state index contributed by atoms with van der Waals surface area (Å²) in [7, 11) is -2.09. The van der Waals surface area contributed by atoms with E-state index in [9.17, 15) is 13.2 Å². The molecular formula is C16H20N4O3S. The molecule has 2 aromatic rings. The SMILES string of the molecule is CCn1cc(CNC(=O)C=Cc2ccc(S(=O)(=O)NC)cc2)cn1. The lowest BCUT2D eigenvalue weighted by Gasteiger charge is -2.02. The van der Waals surface area contributed by atoms with Gasteiger partial charge >= 0.3 is 0 Å². The summed E-state index contributed by atoms with van der Waals surface area (Å²) in [5.74, 6) is -0.230. The van der Waals surface area contributed by atoms with Crippen molar-refractivity contribution >= 4 is 22.0 Å². The van der Waals surface area contributed by atoms with Gasteiger partial charge < -0.3 is 5.32 Å². The van der Waals surface area contributed by atoms with Crippen LogP contribution in [0.3, 0.4) is 0 Å². The van der Waals surface area contributed by atoms with Crippen molar-refractivity contribution in [2.45, 2.75) is 24.9 Å². The molecule has 128 valence electrons. The summed E-state index contributed by atoms with van der Waals surface area (Å²) >= 11 is 0. The first-order valence-electron chi connectivity index (χ1n) is 7.45. The molecule has 0 aliphatic carbocycles. The number of rotatable bonds is 7. The minimum atomic E-state index is -3.45. The van der Waals surface area contributed by atoms with Crippen LogP contribution in [0.1, 0.15) is 18.1 Å². The Bertz CT molecular complexity index is 823. The van der Waals surface area contributed by atoms with Gasteiger partial charge in [-0.2, -0.15) is 5.10 Å². The molecule has 2 N–H and O–H groups in total. The molecule has 0 aliphatic rings. The van der Waals surface area contributed by atoms with E-state index in [0.717, 1.165) is 17.7 Å². The molecule has 0 fully saturated rings. The number of nitrogens with zero attached hydrogens (tertiary/aromatic N) is 2. The number of carbonyl (C=O) groups is 1. The average molecular weight is 348 g/mol. The van der Waals surface area contributed by atoms with Crippen molar-refractivity contribution in [2.24, 2.45) is 0 Å². The summed E-state index contributed by atoms with van der Waals surface area (Å²) in [5.41, 5.74) is 1.67. The van der Waals surface area contributed by atoms with Crippen molar-refractivity contribution in [1.82, 2.24) is 19.8 Å². The van der Waals surface area contributed by atoms with E-state index < -0.39 is 10.0 Å². The number of aryl methyl sites for hydroxylation is 1. The number of carbonyl (C=O) groups excluding carboxylic acids is 1. The lowest BCUT2D eigenvalue weighted by atomic mass is 10.2. The van der Waals surface area contributed by atoms with E-state index in [1.807, 2.05) is 13.1 Å². The Balaban J connectivity index is 1.91. The number of hydrogen-bond acceptors (Lipinski definition) is 4. The van der Waals surface area contributed by atoms with Crippen LogP contribution in [-0.2, 0) is 27.9 Å². The Morgan fingerprint density at radius 1 is 1.29 bits per heavy atom. The first-order valence-corrected chi connectivity index (χ1v) is 8.94. The fourth-order valence-electron chi connectivity index (χ4n) is 1.97. The lowest BCUT2D eigenvalue weighted by Crippen LogP contribution is -2.19. The second-order valence-corrected chi connectivity index (χ2v) is 6.92. The molecule has 1 aromatic heterocycles. The van der Waals surface area contributed by atoms with E-state index in [1.54, 1.807) is 29.1 Å². The maximum absolute atomic E-state index is 11.8. The molecule has 0 spiro atoms. The molecule has 8 heteroatoms. The molecule has 0 atom stereocenters. The van der Waals surface area contributed by atoms with E-state index >= 15 is 0 Å². The van der Waals surface area contributed by atoms with Crippen LogP contribution in [0.25, 0.3) is 6.08 Å². The molecule has 0 radical (unpaired) electrons. The fraction of sp³-hybridized carbons (Fsp3) is 0.250. The predicted octanol–water partition coefficient (Wildman–Crippen LogP) is 1.14. The second kappa shape index (κ2) is 7.89. The predicted molar refractivity (Wildman–Crippen MR) is 91.5 cm³/mol. The Kier molecular flexibility index (Phi) is 5.88. The minimum Gasteiger partial charge on any atom is -0.348 e. The van der Waals surface area contributed by atoms with Crippen molar-refractivity contribution in [3.05, 3.63) is 53.9 Å². The van der Waals surface area contributed by atoms with Crippen LogP contribution in [0.4, 0.5) is 0 Å². The Hall–Kier alpha value is -2.45. The summed E-state index contributed by atoms with van der Waals surface area (Å²) in [5, 5.41) is 6.90. The lowest BCUT2D eigenvalue weighted by molar-refractivity contribution is -0.116. The van der Waals surface area contributed by atoms with E-state index in [0.29, 0.717) is 6.54 Å². The van der Waals surface area contributed by atoms with Crippen molar-refractivity contribution in [1.29, 1.82) is 0 Å². The van der Waals surface area contributed by atoms with E-state index in [1.165, 1.54) is 25.3 Å². The standard InChI is InChI=1S/C16H20N4O3S/c1-3-20-12-14(11-19-20)10-18-16(21)9-6-13-4-7-15(8-5-13)24(22,23)17-2/h4-9,11-12,17H,3,10H2,1-2H3,(H,18,21). The highest BCUT2D eigenvalue weighted by atomic mass is 32.2. The first kappa shape index (κ1) is 17.9. The highest BCUT2D eigenvalue weighted by molar-refractivity contribution is 7.89. The number of hydrogen-bond donors (Lipinski definition) is 2. The van der Waals surface area contributed by atoms with Gasteiger partial charge in [0.15, 0.2) is 0 Å². The van der Waals surface area contributed by atoms with Gasteiger partial charge in [-0.3, -0.25) is 9.48 Å². The third-order valence-electron chi connectivity index (χ3n) is 3.36.